The summed E-state index contributed by atoms with van der Waals surface area (Å²) in [6.07, 6.45) is 8.71. The number of hydrogen-bond acceptors (Lipinski definition) is 7. The van der Waals surface area contributed by atoms with Crippen molar-refractivity contribution in [2.45, 2.75) is 32.1 Å². The van der Waals surface area contributed by atoms with Crippen LogP contribution < -0.4 is 9.80 Å². The van der Waals surface area contributed by atoms with Crippen LogP contribution in [0.3, 0.4) is 0 Å². The van der Waals surface area contributed by atoms with Crippen molar-refractivity contribution in [1.82, 2.24) is 34.8 Å². The minimum atomic E-state index is -0.407. The van der Waals surface area contributed by atoms with Crippen molar-refractivity contribution >= 4 is 39.8 Å². The molecule has 45 heavy (non-hydrogen) atoms. The highest BCUT2D eigenvalue weighted by Crippen LogP contribution is 2.43. The first kappa shape index (κ1) is 28.0. The lowest BCUT2D eigenvalue weighted by Crippen LogP contribution is -2.43. The molecule has 1 spiro atoms. The molecule has 2 amide bonds. The lowest BCUT2D eigenvalue weighted by molar-refractivity contribution is -0.132. The number of anilines is 2. The van der Waals surface area contributed by atoms with Crippen LogP contribution in [0.4, 0.5) is 11.5 Å². The largest absolute Gasteiger partial charge is 0.355 e. The molecule has 11 heteroatoms. The Kier molecular flexibility index (Phi) is 6.93. The van der Waals surface area contributed by atoms with E-state index in [4.69, 9.17) is 0 Å². The average Bonchev–Trinajstić information content (AvgIpc) is 3.91. The molecule has 4 aliphatic heterocycles. The van der Waals surface area contributed by atoms with Gasteiger partial charge < -0.3 is 14.7 Å². The van der Waals surface area contributed by atoms with Crippen molar-refractivity contribution in [1.29, 1.82) is 0 Å². The van der Waals surface area contributed by atoms with Crippen molar-refractivity contribution in [3.63, 3.8) is 0 Å². The fraction of sp³-hybridized carbons (Fsp3) is 0.441. The normalized spacial score (nSPS) is 22.4. The highest BCUT2D eigenvalue weighted by atomic mass is 16.2. The van der Waals surface area contributed by atoms with Crippen LogP contribution in [-0.2, 0) is 16.6 Å². The number of likely N-dealkylation sites (tertiary alicyclic amines) is 1. The van der Waals surface area contributed by atoms with Gasteiger partial charge in [0.1, 0.15) is 6.33 Å². The van der Waals surface area contributed by atoms with Crippen molar-refractivity contribution in [2.24, 2.45) is 12.5 Å². The van der Waals surface area contributed by atoms with Gasteiger partial charge in [0.05, 0.1) is 17.5 Å². The molecule has 0 saturated carbocycles. The smallest absolute Gasteiger partial charge is 0.237 e. The molecule has 1 unspecified atom stereocenters. The Morgan fingerprint density at radius 3 is 2.53 bits per heavy atom. The molecule has 4 aromatic rings. The number of H-pyrrole nitrogens is 1. The molecule has 232 valence electrons. The van der Waals surface area contributed by atoms with Gasteiger partial charge in [-0.1, -0.05) is 30.3 Å². The van der Waals surface area contributed by atoms with Gasteiger partial charge in [-0.05, 0) is 68.0 Å². The van der Waals surface area contributed by atoms with Crippen LogP contribution in [-0.4, -0.2) is 98.9 Å². The van der Waals surface area contributed by atoms with E-state index in [-0.39, 0.29) is 11.8 Å². The SMILES string of the molecule is Cn1cnc(-c2ccc(C3=CCN(C(=O)CN4CCC5(CCN(c6ccc7[nH]nc(N8CCCC8)c7c6)C5=O)C4)CC3)cc2)n1. The van der Waals surface area contributed by atoms with E-state index in [9.17, 15) is 9.59 Å². The van der Waals surface area contributed by atoms with E-state index in [1.807, 2.05) is 29.0 Å². The van der Waals surface area contributed by atoms with Gasteiger partial charge in [-0.15, -0.1) is 0 Å². The second-order valence-electron chi connectivity index (χ2n) is 13.1. The van der Waals surface area contributed by atoms with Gasteiger partial charge in [0.2, 0.25) is 11.8 Å². The number of hydrogen-bond donors (Lipinski definition) is 1. The van der Waals surface area contributed by atoms with E-state index in [2.05, 4.69) is 66.5 Å². The lowest BCUT2D eigenvalue weighted by atomic mass is 9.85. The topological polar surface area (TPSA) is 106 Å². The number of aromatic amines is 1. The Bertz CT molecular complexity index is 1780. The number of aromatic nitrogens is 5. The maximum Gasteiger partial charge on any atom is 0.237 e. The molecule has 1 N–H and O–H groups in total. The average molecular weight is 606 g/mol. The zero-order chi connectivity index (χ0) is 30.5. The number of carbonyl (C=O) groups excluding carboxylic acids is 2. The van der Waals surface area contributed by atoms with E-state index in [0.29, 0.717) is 32.7 Å². The van der Waals surface area contributed by atoms with Crippen molar-refractivity contribution in [3.8, 4) is 11.4 Å². The third-order valence-electron chi connectivity index (χ3n) is 10.2. The number of nitrogens with one attached hydrogen (secondary N) is 1. The minimum absolute atomic E-state index is 0.140. The molecule has 0 radical (unpaired) electrons. The second kappa shape index (κ2) is 11.1. The van der Waals surface area contributed by atoms with Crippen LogP contribution in [0.25, 0.3) is 27.9 Å². The summed E-state index contributed by atoms with van der Waals surface area (Å²) >= 11 is 0. The van der Waals surface area contributed by atoms with Crippen molar-refractivity contribution in [2.75, 3.05) is 62.2 Å². The third kappa shape index (κ3) is 5.08. The first-order chi connectivity index (χ1) is 22.0. The first-order valence-corrected chi connectivity index (χ1v) is 16.2. The van der Waals surface area contributed by atoms with Crippen LogP contribution >= 0.6 is 0 Å². The van der Waals surface area contributed by atoms with Crippen molar-refractivity contribution < 1.29 is 9.59 Å². The predicted molar refractivity (Wildman–Crippen MR) is 174 cm³/mol. The van der Waals surface area contributed by atoms with Crippen LogP contribution in [0, 0.1) is 5.41 Å². The molecule has 6 heterocycles. The fourth-order valence-electron chi connectivity index (χ4n) is 7.62. The van der Waals surface area contributed by atoms with E-state index >= 15 is 0 Å². The summed E-state index contributed by atoms with van der Waals surface area (Å²) in [5, 5.41) is 13.2. The van der Waals surface area contributed by atoms with E-state index in [1.54, 1.807) is 11.0 Å². The fourth-order valence-corrected chi connectivity index (χ4v) is 7.62. The number of amides is 2. The van der Waals surface area contributed by atoms with Gasteiger partial charge in [-0.2, -0.15) is 10.2 Å². The molecule has 3 fully saturated rings. The molecule has 3 saturated heterocycles. The standard InChI is InChI=1S/C34H39N9O2/c1-39-23-35-31(38-39)26-6-4-24(5-7-26)25-10-16-41(17-11-25)30(44)21-40-18-12-34(22-40)13-19-43(33(34)45)27-8-9-29-28(20-27)32(37-36-29)42-14-2-3-15-42/h4-10,20,23H,2-3,11-19,21-22H2,1H3,(H,36,37). The van der Waals surface area contributed by atoms with Gasteiger partial charge in [0.25, 0.3) is 0 Å². The Hall–Kier alpha value is -4.51. The summed E-state index contributed by atoms with van der Waals surface area (Å²) in [7, 11) is 1.86. The monoisotopic (exact) mass is 605 g/mol. The number of fused-ring (bicyclic) bond motifs is 1. The van der Waals surface area contributed by atoms with Gasteiger partial charge in [0, 0.05) is 63.0 Å². The Morgan fingerprint density at radius 1 is 0.978 bits per heavy atom. The number of rotatable bonds is 6. The molecule has 2 aromatic carbocycles. The molecule has 0 bridgehead atoms. The summed E-state index contributed by atoms with van der Waals surface area (Å²) in [4.78, 5) is 40.0. The molecule has 1 atom stereocenters. The number of nitrogens with zero attached hydrogens (tertiary/aromatic N) is 8. The maximum atomic E-state index is 13.9. The molecule has 4 aliphatic rings. The van der Waals surface area contributed by atoms with Gasteiger partial charge >= 0.3 is 0 Å². The number of benzene rings is 2. The molecular formula is C34H39N9O2. The Balaban J connectivity index is 0.883. The molecule has 0 aliphatic carbocycles. The summed E-state index contributed by atoms with van der Waals surface area (Å²) in [6.45, 7) is 5.86. The Labute approximate surface area is 262 Å². The zero-order valence-electron chi connectivity index (χ0n) is 25.8. The quantitative estimate of drug-likeness (QED) is 0.357. The molecule has 8 rings (SSSR count). The molecule has 11 nitrogen and oxygen atoms in total. The molecular weight excluding hydrogens is 566 g/mol. The van der Waals surface area contributed by atoms with E-state index in [1.165, 1.54) is 24.0 Å². The van der Waals surface area contributed by atoms with E-state index in [0.717, 1.165) is 72.7 Å². The Morgan fingerprint density at radius 2 is 1.78 bits per heavy atom. The van der Waals surface area contributed by atoms with Gasteiger partial charge in [-0.3, -0.25) is 24.3 Å². The number of aryl methyl sites for hydroxylation is 1. The third-order valence-corrected chi connectivity index (χ3v) is 10.2. The predicted octanol–water partition coefficient (Wildman–Crippen LogP) is 3.70. The zero-order valence-corrected chi connectivity index (χ0v) is 25.8. The second-order valence-corrected chi connectivity index (χ2v) is 13.1. The highest BCUT2D eigenvalue weighted by Gasteiger charge is 2.51. The highest BCUT2D eigenvalue weighted by molar-refractivity contribution is 6.03. The molecule has 2 aromatic heterocycles. The van der Waals surface area contributed by atoms with Gasteiger partial charge in [-0.25, -0.2) is 4.98 Å². The van der Waals surface area contributed by atoms with Crippen LogP contribution in [0.2, 0.25) is 0 Å². The van der Waals surface area contributed by atoms with Crippen LogP contribution in [0.15, 0.2) is 54.9 Å². The number of carbonyl (C=O) groups is 2. The summed E-state index contributed by atoms with van der Waals surface area (Å²) < 4.78 is 1.70. The summed E-state index contributed by atoms with van der Waals surface area (Å²) in [5.41, 5.74) is 4.97. The lowest BCUT2D eigenvalue weighted by Gasteiger charge is -2.29. The van der Waals surface area contributed by atoms with E-state index < -0.39 is 5.41 Å². The first-order valence-electron chi connectivity index (χ1n) is 16.2. The van der Waals surface area contributed by atoms with Gasteiger partial charge in [0.15, 0.2) is 11.6 Å². The van der Waals surface area contributed by atoms with Crippen molar-refractivity contribution in [3.05, 3.63) is 60.4 Å². The van der Waals surface area contributed by atoms with Crippen LogP contribution in [0.5, 0.6) is 0 Å². The van der Waals surface area contributed by atoms with Crippen LogP contribution in [0.1, 0.15) is 37.7 Å². The maximum absolute atomic E-state index is 13.9. The summed E-state index contributed by atoms with van der Waals surface area (Å²) in [6, 6.07) is 14.5. The summed E-state index contributed by atoms with van der Waals surface area (Å²) in [5.74, 6) is 2.04. The minimum Gasteiger partial charge on any atom is -0.355 e.